The molecular formula is C24H21ClN2. The van der Waals surface area contributed by atoms with Crippen LogP contribution in [0.3, 0.4) is 0 Å². The van der Waals surface area contributed by atoms with Gasteiger partial charge in [-0.1, -0.05) is 47.9 Å². The third-order valence-electron chi connectivity index (χ3n) is 4.87. The van der Waals surface area contributed by atoms with E-state index in [1.165, 1.54) is 18.4 Å². The van der Waals surface area contributed by atoms with Gasteiger partial charge < -0.3 is 5.32 Å². The highest BCUT2D eigenvalue weighted by Crippen LogP contribution is 2.20. The summed E-state index contributed by atoms with van der Waals surface area (Å²) < 4.78 is 0. The number of rotatable bonds is 3. The molecule has 2 heterocycles. The molecule has 0 saturated carbocycles. The zero-order chi connectivity index (χ0) is 18.5. The van der Waals surface area contributed by atoms with Gasteiger partial charge in [-0.15, -0.1) is 0 Å². The zero-order valence-corrected chi connectivity index (χ0v) is 15.8. The fourth-order valence-corrected chi connectivity index (χ4v) is 3.48. The van der Waals surface area contributed by atoms with Gasteiger partial charge in [-0.25, -0.2) is 4.98 Å². The Bertz CT molecular complexity index is 943. The van der Waals surface area contributed by atoms with Crippen LogP contribution in [0.25, 0.3) is 11.1 Å². The second-order valence-electron chi connectivity index (χ2n) is 6.88. The summed E-state index contributed by atoms with van der Waals surface area (Å²) in [7, 11) is 0. The van der Waals surface area contributed by atoms with E-state index in [4.69, 9.17) is 11.6 Å². The summed E-state index contributed by atoms with van der Waals surface area (Å²) in [6.45, 7) is 1.15. The van der Waals surface area contributed by atoms with Crippen molar-refractivity contribution in [3.05, 3.63) is 88.7 Å². The maximum atomic E-state index is 5.94. The number of benzene rings is 2. The second-order valence-corrected chi connectivity index (χ2v) is 7.32. The molecule has 3 aromatic rings. The predicted octanol–water partition coefficient (Wildman–Crippen LogP) is 5.10. The SMILES string of the molecule is Clc1ccc(-c2ccc(C#Cc3ccc(C[C@@H]4CCCN4)cc3)nc2)cc1. The highest BCUT2D eigenvalue weighted by atomic mass is 35.5. The summed E-state index contributed by atoms with van der Waals surface area (Å²) in [6, 6.07) is 20.9. The minimum absolute atomic E-state index is 0.630. The van der Waals surface area contributed by atoms with Crippen molar-refractivity contribution in [2.24, 2.45) is 0 Å². The number of nitrogens with one attached hydrogen (secondary N) is 1. The number of hydrogen-bond acceptors (Lipinski definition) is 2. The molecule has 0 bridgehead atoms. The maximum Gasteiger partial charge on any atom is 0.113 e. The summed E-state index contributed by atoms with van der Waals surface area (Å²) >= 11 is 5.94. The van der Waals surface area contributed by atoms with Crippen LogP contribution in [0.5, 0.6) is 0 Å². The Morgan fingerprint density at radius 3 is 2.37 bits per heavy atom. The van der Waals surface area contributed by atoms with E-state index in [0.29, 0.717) is 6.04 Å². The monoisotopic (exact) mass is 372 g/mol. The van der Waals surface area contributed by atoms with Crippen molar-refractivity contribution in [1.82, 2.24) is 10.3 Å². The van der Waals surface area contributed by atoms with Crippen molar-refractivity contribution < 1.29 is 0 Å². The summed E-state index contributed by atoms with van der Waals surface area (Å²) in [5.41, 5.74) is 5.31. The fraction of sp³-hybridized carbons (Fsp3) is 0.208. The highest BCUT2D eigenvalue weighted by Gasteiger charge is 2.13. The van der Waals surface area contributed by atoms with Gasteiger partial charge in [-0.3, -0.25) is 0 Å². The predicted molar refractivity (Wildman–Crippen MR) is 112 cm³/mol. The Morgan fingerprint density at radius 2 is 1.70 bits per heavy atom. The van der Waals surface area contributed by atoms with Crippen LogP contribution in [0.15, 0.2) is 66.9 Å². The van der Waals surface area contributed by atoms with Gasteiger partial charge in [0.1, 0.15) is 5.69 Å². The quantitative estimate of drug-likeness (QED) is 0.647. The number of hydrogen-bond donors (Lipinski definition) is 1. The molecule has 0 radical (unpaired) electrons. The van der Waals surface area contributed by atoms with Crippen LogP contribution in [-0.2, 0) is 6.42 Å². The van der Waals surface area contributed by atoms with E-state index in [2.05, 4.69) is 46.4 Å². The largest absolute Gasteiger partial charge is 0.314 e. The second kappa shape index (κ2) is 8.39. The number of nitrogens with zero attached hydrogens (tertiary/aromatic N) is 1. The van der Waals surface area contributed by atoms with Crippen molar-refractivity contribution in [3.63, 3.8) is 0 Å². The van der Waals surface area contributed by atoms with Gasteiger partial charge in [0, 0.05) is 28.4 Å². The third-order valence-corrected chi connectivity index (χ3v) is 5.13. The number of pyridine rings is 1. The highest BCUT2D eigenvalue weighted by molar-refractivity contribution is 6.30. The molecule has 1 saturated heterocycles. The molecule has 0 unspecified atom stereocenters. The molecule has 1 fully saturated rings. The van der Waals surface area contributed by atoms with Gasteiger partial charge in [-0.05, 0) is 73.2 Å². The van der Waals surface area contributed by atoms with Crippen LogP contribution >= 0.6 is 11.6 Å². The summed E-state index contributed by atoms with van der Waals surface area (Å²) in [4.78, 5) is 4.46. The van der Waals surface area contributed by atoms with E-state index in [0.717, 1.165) is 40.4 Å². The maximum absolute atomic E-state index is 5.94. The lowest BCUT2D eigenvalue weighted by Crippen LogP contribution is -2.23. The normalized spacial score (nSPS) is 16.0. The van der Waals surface area contributed by atoms with Crippen LogP contribution < -0.4 is 5.32 Å². The molecule has 1 aromatic heterocycles. The zero-order valence-electron chi connectivity index (χ0n) is 15.1. The van der Waals surface area contributed by atoms with E-state index in [1.807, 2.05) is 42.6 Å². The fourth-order valence-electron chi connectivity index (χ4n) is 3.36. The lowest BCUT2D eigenvalue weighted by molar-refractivity contribution is 0.603. The smallest absolute Gasteiger partial charge is 0.113 e. The van der Waals surface area contributed by atoms with E-state index in [-0.39, 0.29) is 0 Å². The molecule has 1 N–H and O–H groups in total. The molecule has 134 valence electrons. The first-order valence-electron chi connectivity index (χ1n) is 9.33. The first kappa shape index (κ1) is 17.8. The first-order valence-corrected chi connectivity index (χ1v) is 9.70. The molecule has 2 nitrogen and oxygen atoms in total. The minimum atomic E-state index is 0.630. The Kier molecular flexibility index (Phi) is 5.53. The first-order chi connectivity index (χ1) is 13.3. The third kappa shape index (κ3) is 4.77. The summed E-state index contributed by atoms with van der Waals surface area (Å²) in [6.07, 6.45) is 5.52. The Balaban J connectivity index is 1.42. The average Bonchev–Trinajstić information content (AvgIpc) is 3.22. The Hall–Kier alpha value is -2.60. The van der Waals surface area contributed by atoms with Crippen LogP contribution in [0.2, 0.25) is 5.02 Å². The molecule has 1 aliphatic rings. The van der Waals surface area contributed by atoms with Crippen molar-refractivity contribution in [3.8, 4) is 23.0 Å². The van der Waals surface area contributed by atoms with Crippen molar-refractivity contribution in [2.75, 3.05) is 6.54 Å². The lowest BCUT2D eigenvalue weighted by atomic mass is 10.0. The summed E-state index contributed by atoms with van der Waals surface area (Å²) in [5.74, 6) is 6.35. The topological polar surface area (TPSA) is 24.9 Å². The van der Waals surface area contributed by atoms with Crippen LogP contribution in [-0.4, -0.2) is 17.6 Å². The minimum Gasteiger partial charge on any atom is -0.314 e. The molecule has 0 amide bonds. The number of halogens is 1. The van der Waals surface area contributed by atoms with Gasteiger partial charge in [0.25, 0.3) is 0 Å². The van der Waals surface area contributed by atoms with E-state index in [1.54, 1.807) is 0 Å². The molecular weight excluding hydrogens is 352 g/mol. The molecule has 3 heteroatoms. The van der Waals surface area contributed by atoms with E-state index >= 15 is 0 Å². The van der Waals surface area contributed by atoms with Crippen molar-refractivity contribution >= 4 is 11.6 Å². The van der Waals surface area contributed by atoms with Crippen LogP contribution in [0.4, 0.5) is 0 Å². The molecule has 4 rings (SSSR count). The molecule has 1 aliphatic heterocycles. The van der Waals surface area contributed by atoms with E-state index < -0.39 is 0 Å². The average molecular weight is 373 g/mol. The van der Waals surface area contributed by atoms with Gasteiger partial charge >= 0.3 is 0 Å². The van der Waals surface area contributed by atoms with Gasteiger partial charge in [-0.2, -0.15) is 0 Å². The van der Waals surface area contributed by atoms with Crippen molar-refractivity contribution in [2.45, 2.75) is 25.3 Å². The van der Waals surface area contributed by atoms with Crippen molar-refractivity contribution in [1.29, 1.82) is 0 Å². The van der Waals surface area contributed by atoms with Gasteiger partial charge in [0.05, 0.1) is 0 Å². The number of aromatic nitrogens is 1. The summed E-state index contributed by atoms with van der Waals surface area (Å²) in [5, 5.41) is 4.28. The molecule has 27 heavy (non-hydrogen) atoms. The molecule has 2 aromatic carbocycles. The van der Waals surface area contributed by atoms with Crippen LogP contribution in [0.1, 0.15) is 29.7 Å². The standard InChI is InChI=1S/C24H21ClN2/c25-22-11-8-20(9-12-22)21-10-14-23(27-17-21)13-7-18-3-5-19(6-4-18)16-24-2-1-15-26-24/h3-6,8-12,14,17,24,26H,1-2,15-16H2/t24-/m0/s1. The van der Waals surface area contributed by atoms with Gasteiger partial charge in [0.2, 0.25) is 0 Å². The van der Waals surface area contributed by atoms with E-state index in [9.17, 15) is 0 Å². The molecule has 0 spiro atoms. The van der Waals surface area contributed by atoms with Gasteiger partial charge in [0.15, 0.2) is 0 Å². The molecule has 0 aliphatic carbocycles. The Labute approximate surface area is 165 Å². The Morgan fingerprint density at radius 1 is 0.926 bits per heavy atom. The van der Waals surface area contributed by atoms with Crippen LogP contribution in [0, 0.1) is 11.8 Å². The molecule has 1 atom stereocenters. The lowest BCUT2D eigenvalue weighted by Gasteiger charge is -2.09.